The number of amides is 1. The van der Waals surface area contributed by atoms with Gasteiger partial charge in [0.2, 0.25) is 5.91 Å². The number of para-hydroxylation sites is 1. The van der Waals surface area contributed by atoms with E-state index in [0.29, 0.717) is 29.7 Å². The molecule has 1 amide bonds. The van der Waals surface area contributed by atoms with Crippen LogP contribution in [0.5, 0.6) is 5.75 Å². The number of halogens is 1. The molecule has 2 aromatic carbocycles. The van der Waals surface area contributed by atoms with E-state index in [2.05, 4.69) is 5.32 Å². The quantitative estimate of drug-likeness (QED) is 0.717. The zero-order chi connectivity index (χ0) is 17.4. The largest absolute Gasteiger partial charge is 0.487 e. The number of benzene rings is 2. The normalized spacial score (nSPS) is 11.8. The Morgan fingerprint density at radius 3 is 2.62 bits per heavy atom. The molecule has 1 unspecified atom stereocenters. The molecule has 2 aromatic rings. The lowest BCUT2D eigenvalue weighted by Gasteiger charge is -2.15. The lowest BCUT2D eigenvalue weighted by atomic mass is 10.0. The fraction of sp³-hybridized carbons (Fsp3) is 0.278. The van der Waals surface area contributed by atoms with Crippen LogP contribution in [0.2, 0.25) is 5.02 Å². The first-order valence-electron chi connectivity index (χ1n) is 7.62. The minimum Gasteiger partial charge on any atom is -0.487 e. The minimum atomic E-state index is -0.372. The molecule has 0 fully saturated rings. The van der Waals surface area contributed by atoms with E-state index < -0.39 is 0 Å². The van der Waals surface area contributed by atoms with Crippen LogP contribution in [-0.2, 0) is 9.53 Å². The molecule has 2 rings (SSSR count). The first kappa shape index (κ1) is 18.3. The Morgan fingerprint density at radius 1 is 1.17 bits per heavy atom. The van der Waals surface area contributed by atoms with Crippen molar-refractivity contribution in [2.24, 2.45) is 5.73 Å². The molecule has 0 aliphatic rings. The number of carbonyl (C=O) groups is 1. The highest BCUT2D eigenvalue weighted by molar-refractivity contribution is 6.32. The second-order valence-electron chi connectivity index (χ2n) is 5.23. The molecule has 3 N–H and O–H groups in total. The third kappa shape index (κ3) is 5.23. The average molecular weight is 349 g/mol. The zero-order valence-electron chi connectivity index (χ0n) is 13.5. The van der Waals surface area contributed by atoms with Gasteiger partial charge in [-0.15, -0.1) is 0 Å². The molecule has 128 valence electrons. The Bertz CT molecular complexity index is 665. The number of methoxy groups -OCH3 is 1. The molecule has 0 saturated heterocycles. The number of nitrogens with one attached hydrogen (secondary N) is 1. The standard InChI is InChI=1S/C18H21ClN2O3/c1-23-10-11-24-18-14(19)8-5-9-16(18)21-17(22)12-15(20)13-6-3-2-4-7-13/h2-9,15H,10-12,20H2,1H3,(H,21,22). The van der Waals surface area contributed by atoms with Gasteiger partial charge < -0.3 is 20.5 Å². The van der Waals surface area contributed by atoms with E-state index in [-0.39, 0.29) is 18.4 Å². The Morgan fingerprint density at radius 2 is 1.92 bits per heavy atom. The fourth-order valence-electron chi connectivity index (χ4n) is 2.20. The molecule has 0 heterocycles. The van der Waals surface area contributed by atoms with Crippen molar-refractivity contribution in [2.75, 3.05) is 25.6 Å². The molecular formula is C18H21ClN2O3. The fourth-order valence-corrected chi connectivity index (χ4v) is 2.43. The van der Waals surface area contributed by atoms with Crippen LogP contribution in [0, 0.1) is 0 Å². The predicted molar refractivity (Wildman–Crippen MR) is 95.4 cm³/mol. The zero-order valence-corrected chi connectivity index (χ0v) is 14.3. The average Bonchev–Trinajstić information content (AvgIpc) is 2.58. The van der Waals surface area contributed by atoms with Crippen molar-refractivity contribution in [1.29, 1.82) is 0 Å². The molecule has 1 atom stereocenters. The van der Waals surface area contributed by atoms with Gasteiger partial charge >= 0.3 is 0 Å². The third-order valence-electron chi connectivity index (χ3n) is 3.41. The van der Waals surface area contributed by atoms with Crippen molar-refractivity contribution >= 4 is 23.2 Å². The molecule has 0 saturated carbocycles. The summed E-state index contributed by atoms with van der Waals surface area (Å²) in [4.78, 5) is 12.3. The highest BCUT2D eigenvalue weighted by Gasteiger charge is 2.15. The second kappa shape index (κ2) is 9.27. The Labute approximate surface area is 146 Å². The summed E-state index contributed by atoms with van der Waals surface area (Å²) in [5.41, 5.74) is 7.51. The van der Waals surface area contributed by atoms with Crippen LogP contribution in [0.3, 0.4) is 0 Å². The molecular weight excluding hydrogens is 328 g/mol. The van der Waals surface area contributed by atoms with Crippen molar-refractivity contribution in [2.45, 2.75) is 12.5 Å². The van der Waals surface area contributed by atoms with Crippen LogP contribution in [0.15, 0.2) is 48.5 Å². The van der Waals surface area contributed by atoms with Gasteiger partial charge in [0.05, 0.1) is 17.3 Å². The van der Waals surface area contributed by atoms with Gasteiger partial charge in [-0.05, 0) is 17.7 Å². The van der Waals surface area contributed by atoms with Crippen LogP contribution < -0.4 is 15.8 Å². The maximum Gasteiger partial charge on any atom is 0.226 e. The Kier molecular flexibility index (Phi) is 7.06. The number of ether oxygens (including phenoxy) is 2. The molecule has 0 aromatic heterocycles. The highest BCUT2D eigenvalue weighted by atomic mass is 35.5. The van der Waals surface area contributed by atoms with Crippen LogP contribution in [0.25, 0.3) is 0 Å². The molecule has 6 heteroatoms. The lowest BCUT2D eigenvalue weighted by Crippen LogP contribution is -2.21. The topological polar surface area (TPSA) is 73.6 Å². The predicted octanol–water partition coefficient (Wildman–Crippen LogP) is 3.39. The van der Waals surface area contributed by atoms with E-state index in [1.54, 1.807) is 25.3 Å². The first-order valence-corrected chi connectivity index (χ1v) is 8.00. The third-order valence-corrected chi connectivity index (χ3v) is 3.71. The maximum atomic E-state index is 12.3. The van der Waals surface area contributed by atoms with E-state index >= 15 is 0 Å². The summed E-state index contributed by atoms with van der Waals surface area (Å²) in [7, 11) is 1.59. The molecule has 5 nitrogen and oxygen atoms in total. The SMILES string of the molecule is COCCOc1c(Cl)cccc1NC(=O)CC(N)c1ccccc1. The molecule has 0 radical (unpaired) electrons. The number of rotatable bonds is 8. The summed E-state index contributed by atoms with van der Waals surface area (Å²) >= 11 is 6.15. The second-order valence-corrected chi connectivity index (χ2v) is 5.63. The number of hydrogen-bond donors (Lipinski definition) is 2. The van der Waals surface area contributed by atoms with Gasteiger partial charge in [-0.2, -0.15) is 0 Å². The van der Waals surface area contributed by atoms with Crippen molar-refractivity contribution in [3.8, 4) is 5.75 Å². The maximum absolute atomic E-state index is 12.3. The van der Waals surface area contributed by atoms with Crippen molar-refractivity contribution in [3.05, 3.63) is 59.1 Å². The van der Waals surface area contributed by atoms with E-state index in [9.17, 15) is 4.79 Å². The van der Waals surface area contributed by atoms with E-state index in [1.165, 1.54) is 0 Å². The number of anilines is 1. The molecule has 24 heavy (non-hydrogen) atoms. The molecule has 0 aliphatic heterocycles. The molecule has 0 bridgehead atoms. The summed E-state index contributed by atoms with van der Waals surface area (Å²) < 4.78 is 10.5. The van der Waals surface area contributed by atoms with E-state index in [1.807, 2.05) is 30.3 Å². The molecule has 0 spiro atoms. The summed E-state index contributed by atoms with van der Waals surface area (Å²) in [6.45, 7) is 0.768. The van der Waals surface area contributed by atoms with Gasteiger partial charge in [-0.1, -0.05) is 48.0 Å². The van der Waals surface area contributed by atoms with Crippen LogP contribution in [-0.4, -0.2) is 26.2 Å². The van der Waals surface area contributed by atoms with Crippen LogP contribution in [0.1, 0.15) is 18.0 Å². The number of nitrogens with two attached hydrogens (primary N) is 1. The summed E-state index contributed by atoms with van der Waals surface area (Å²) in [6, 6.07) is 14.3. The smallest absolute Gasteiger partial charge is 0.226 e. The minimum absolute atomic E-state index is 0.161. The van der Waals surface area contributed by atoms with Gasteiger partial charge in [-0.25, -0.2) is 0 Å². The monoisotopic (exact) mass is 348 g/mol. The Hall–Kier alpha value is -2.08. The number of carbonyl (C=O) groups excluding carboxylic acids is 1. The summed E-state index contributed by atoms with van der Waals surface area (Å²) in [5, 5.41) is 3.24. The van der Waals surface area contributed by atoms with Crippen LogP contribution >= 0.6 is 11.6 Å². The van der Waals surface area contributed by atoms with Crippen molar-refractivity contribution in [3.63, 3.8) is 0 Å². The van der Waals surface area contributed by atoms with Crippen molar-refractivity contribution < 1.29 is 14.3 Å². The van der Waals surface area contributed by atoms with E-state index in [0.717, 1.165) is 5.56 Å². The van der Waals surface area contributed by atoms with Gasteiger partial charge in [0.15, 0.2) is 5.75 Å². The van der Waals surface area contributed by atoms with Crippen molar-refractivity contribution in [1.82, 2.24) is 0 Å². The molecule has 0 aliphatic carbocycles. The number of hydrogen-bond acceptors (Lipinski definition) is 4. The van der Waals surface area contributed by atoms with Gasteiger partial charge in [-0.3, -0.25) is 4.79 Å². The summed E-state index contributed by atoms with van der Waals surface area (Å²) in [5.74, 6) is 0.225. The summed E-state index contributed by atoms with van der Waals surface area (Å²) in [6.07, 6.45) is 0.161. The Balaban J connectivity index is 2.02. The van der Waals surface area contributed by atoms with Gasteiger partial charge in [0.1, 0.15) is 6.61 Å². The van der Waals surface area contributed by atoms with Gasteiger partial charge in [0.25, 0.3) is 0 Å². The first-order chi connectivity index (χ1) is 11.6. The van der Waals surface area contributed by atoms with Crippen LogP contribution in [0.4, 0.5) is 5.69 Å². The van der Waals surface area contributed by atoms with Gasteiger partial charge in [0, 0.05) is 19.6 Å². The van der Waals surface area contributed by atoms with E-state index in [4.69, 9.17) is 26.8 Å². The highest BCUT2D eigenvalue weighted by Crippen LogP contribution is 2.33. The lowest BCUT2D eigenvalue weighted by molar-refractivity contribution is -0.116.